The minimum Gasteiger partial charge on any atom is -0.485 e. The topological polar surface area (TPSA) is 44.5 Å². The van der Waals surface area contributed by atoms with Crippen LogP contribution in [0, 0.1) is 5.82 Å². The summed E-state index contributed by atoms with van der Waals surface area (Å²) in [5.41, 5.74) is 8.80. The van der Waals surface area contributed by atoms with Crippen molar-refractivity contribution in [1.82, 2.24) is 0 Å². The van der Waals surface area contributed by atoms with E-state index in [1.807, 2.05) is 54.6 Å². The summed E-state index contributed by atoms with van der Waals surface area (Å²) >= 11 is 0. The zero-order valence-corrected chi connectivity index (χ0v) is 21.9. The molecule has 2 N–H and O–H groups in total. The number of nitrogen functional groups attached to an aromatic ring is 1. The molecule has 0 heterocycles. The van der Waals surface area contributed by atoms with Gasteiger partial charge in [0.15, 0.2) is 11.6 Å². The average Bonchev–Trinajstić information content (AvgIpc) is 2.90. The first kappa shape index (κ1) is 25.4. The number of para-hydroxylation sites is 1. The molecule has 0 saturated heterocycles. The zero-order chi connectivity index (χ0) is 28.3. The maximum atomic E-state index is 16.6. The van der Waals surface area contributed by atoms with Gasteiger partial charge in [-0.25, -0.2) is 4.39 Å². The Bertz CT molecular complexity index is 1930. The molecule has 7 rings (SSSR count). The van der Waals surface area contributed by atoms with Gasteiger partial charge in [0.05, 0.1) is 0 Å². The summed E-state index contributed by atoms with van der Waals surface area (Å²) in [5.74, 6) is -0.705. The molecule has 0 aromatic heterocycles. The van der Waals surface area contributed by atoms with E-state index in [1.165, 1.54) is 18.2 Å². The van der Waals surface area contributed by atoms with Gasteiger partial charge in [-0.15, -0.1) is 13.2 Å². The average molecular weight is 556 g/mol. The van der Waals surface area contributed by atoms with E-state index in [0.717, 1.165) is 57.1 Å². The van der Waals surface area contributed by atoms with Crippen molar-refractivity contribution in [3.05, 3.63) is 102 Å². The minimum atomic E-state index is -4.85. The predicted molar refractivity (Wildman–Crippen MR) is 154 cm³/mol. The van der Waals surface area contributed by atoms with Crippen molar-refractivity contribution in [2.75, 3.05) is 5.73 Å². The van der Waals surface area contributed by atoms with Gasteiger partial charge >= 0.3 is 6.36 Å². The zero-order valence-electron chi connectivity index (χ0n) is 21.9. The number of hydrogen-bond acceptors (Lipinski definition) is 3. The lowest BCUT2D eigenvalue weighted by atomic mass is 9.79. The summed E-state index contributed by atoms with van der Waals surface area (Å²) in [6.45, 7) is -0.278. The Balaban J connectivity index is 1.38. The second-order valence-corrected chi connectivity index (χ2v) is 10.7. The maximum absolute atomic E-state index is 16.6. The summed E-state index contributed by atoms with van der Waals surface area (Å²) in [6, 6.07) is 25.3. The molecule has 0 unspecified atom stereocenters. The second kappa shape index (κ2) is 9.54. The van der Waals surface area contributed by atoms with Gasteiger partial charge in [0.25, 0.3) is 0 Å². The fourth-order valence-electron chi connectivity index (χ4n) is 6.06. The van der Waals surface area contributed by atoms with Crippen LogP contribution < -0.4 is 15.2 Å². The smallest absolute Gasteiger partial charge is 0.485 e. The highest BCUT2D eigenvalue weighted by atomic mass is 19.4. The summed E-state index contributed by atoms with van der Waals surface area (Å²) in [4.78, 5) is 0. The van der Waals surface area contributed by atoms with Gasteiger partial charge in [-0.3, -0.25) is 0 Å². The van der Waals surface area contributed by atoms with Gasteiger partial charge < -0.3 is 15.2 Å². The van der Waals surface area contributed by atoms with E-state index < -0.39 is 12.2 Å². The lowest BCUT2D eigenvalue weighted by Crippen LogP contribution is -2.18. The first-order valence-electron chi connectivity index (χ1n) is 13.5. The van der Waals surface area contributed by atoms with E-state index in [1.54, 1.807) is 12.1 Å². The van der Waals surface area contributed by atoms with Crippen LogP contribution >= 0.6 is 0 Å². The molecule has 41 heavy (non-hydrogen) atoms. The molecule has 0 aliphatic heterocycles. The number of ether oxygens (including phenoxy) is 2. The number of halogens is 4. The van der Waals surface area contributed by atoms with Crippen LogP contribution in [-0.4, -0.2) is 6.36 Å². The van der Waals surface area contributed by atoms with Crippen molar-refractivity contribution in [2.24, 2.45) is 0 Å². The maximum Gasteiger partial charge on any atom is 0.573 e. The van der Waals surface area contributed by atoms with Crippen LogP contribution in [0.2, 0.25) is 0 Å². The van der Waals surface area contributed by atoms with Crippen LogP contribution in [0.4, 0.5) is 23.2 Å². The van der Waals surface area contributed by atoms with E-state index in [-0.39, 0.29) is 29.6 Å². The fourth-order valence-corrected chi connectivity index (χ4v) is 6.06. The second-order valence-electron chi connectivity index (χ2n) is 10.7. The van der Waals surface area contributed by atoms with E-state index in [4.69, 9.17) is 10.5 Å². The lowest BCUT2D eigenvalue weighted by molar-refractivity contribution is -0.275. The first-order valence-corrected chi connectivity index (χ1v) is 13.5. The van der Waals surface area contributed by atoms with Crippen LogP contribution in [0.3, 0.4) is 0 Å². The fraction of sp³-hybridized carbons (Fsp3) is 0.176. The van der Waals surface area contributed by atoms with Crippen molar-refractivity contribution in [1.29, 1.82) is 0 Å². The Kier molecular flexibility index (Phi) is 5.92. The number of anilines is 1. The minimum absolute atomic E-state index is 0.0682. The Morgan fingerprint density at radius 2 is 1.56 bits per heavy atom. The molecule has 6 aromatic carbocycles. The largest absolute Gasteiger partial charge is 0.573 e. The highest BCUT2D eigenvalue weighted by Gasteiger charge is 2.32. The summed E-state index contributed by atoms with van der Waals surface area (Å²) in [5, 5.41) is 5.95. The molecule has 3 nitrogen and oxygen atoms in total. The SMILES string of the molecule is Nc1cc2ccc3cccc4c(-c5ccc(C6CCC6)c(OCc6ccccc6OC(F)(F)F)c5F)cc(c1)c2c34. The van der Waals surface area contributed by atoms with Crippen molar-refractivity contribution < 1.29 is 27.0 Å². The Labute approximate surface area is 233 Å². The Morgan fingerprint density at radius 1 is 0.780 bits per heavy atom. The van der Waals surface area contributed by atoms with E-state index in [0.29, 0.717) is 16.8 Å². The van der Waals surface area contributed by atoms with Gasteiger partial charge in [0.1, 0.15) is 12.4 Å². The van der Waals surface area contributed by atoms with Gasteiger partial charge in [-0.2, -0.15) is 0 Å². The number of rotatable bonds is 6. The van der Waals surface area contributed by atoms with Gasteiger partial charge in [-0.1, -0.05) is 67.1 Å². The molecule has 1 aliphatic carbocycles. The Morgan fingerprint density at radius 3 is 2.34 bits per heavy atom. The Hall–Kier alpha value is -4.52. The van der Waals surface area contributed by atoms with Gasteiger partial charge in [-0.05, 0) is 80.9 Å². The van der Waals surface area contributed by atoms with Crippen molar-refractivity contribution in [3.8, 4) is 22.6 Å². The van der Waals surface area contributed by atoms with E-state index >= 15 is 4.39 Å². The van der Waals surface area contributed by atoms with Crippen LogP contribution in [0.25, 0.3) is 43.4 Å². The molecule has 1 fully saturated rings. The van der Waals surface area contributed by atoms with Crippen molar-refractivity contribution >= 4 is 38.0 Å². The van der Waals surface area contributed by atoms with Crippen LogP contribution in [0.1, 0.15) is 36.3 Å². The highest BCUT2D eigenvalue weighted by molar-refractivity contribution is 6.26. The third-order valence-electron chi connectivity index (χ3n) is 8.13. The molecule has 0 radical (unpaired) electrons. The quantitative estimate of drug-likeness (QED) is 0.126. The number of alkyl halides is 3. The summed E-state index contributed by atoms with van der Waals surface area (Å²) < 4.78 is 65.9. The van der Waals surface area contributed by atoms with Gasteiger partial charge in [0, 0.05) is 22.4 Å². The molecule has 0 bridgehead atoms. The highest BCUT2D eigenvalue weighted by Crippen LogP contribution is 2.47. The number of nitrogens with two attached hydrogens (primary N) is 1. The molecule has 0 amide bonds. The molecule has 6 aromatic rings. The molecule has 1 saturated carbocycles. The third kappa shape index (κ3) is 4.46. The third-order valence-corrected chi connectivity index (χ3v) is 8.13. The van der Waals surface area contributed by atoms with Crippen LogP contribution in [0.5, 0.6) is 11.5 Å². The number of benzene rings is 6. The standard InChI is InChI=1S/C34H25F4NO2/c35-32-27(28-17-23-16-24(39)15-21-12-11-20-8-4-9-26(28)31(20)30(21)23)14-13-25(19-6-3-7-19)33(32)40-18-22-5-1-2-10-29(22)41-34(36,37)38/h1-2,4-5,8-17,19H,3,6-7,18,39H2. The first-order chi connectivity index (χ1) is 19.8. The van der Waals surface area contributed by atoms with E-state index in [9.17, 15) is 13.2 Å². The van der Waals surface area contributed by atoms with Gasteiger partial charge in [0.2, 0.25) is 0 Å². The van der Waals surface area contributed by atoms with Crippen LogP contribution in [-0.2, 0) is 6.61 Å². The molecule has 0 atom stereocenters. The predicted octanol–water partition coefficient (Wildman–Crippen LogP) is 9.72. The molecule has 7 heteroatoms. The monoisotopic (exact) mass is 555 g/mol. The molecular formula is C34H25F4NO2. The summed E-state index contributed by atoms with van der Waals surface area (Å²) in [7, 11) is 0. The summed E-state index contributed by atoms with van der Waals surface area (Å²) in [6.07, 6.45) is -2.01. The normalized spacial score (nSPS) is 14.1. The molecular weight excluding hydrogens is 530 g/mol. The van der Waals surface area contributed by atoms with Crippen molar-refractivity contribution in [3.63, 3.8) is 0 Å². The van der Waals surface area contributed by atoms with Crippen LogP contribution in [0.15, 0.2) is 84.9 Å². The molecule has 0 spiro atoms. The number of hydrogen-bond donors (Lipinski definition) is 1. The lowest BCUT2D eigenvalue weighted by Gasteiger charge is -2.28. The molecule has 206 valence electrons. The molecule has 1 aliphatic rings. The van der Waals surface area contributed by atoms with Crippen molar-refractivity contribution in [2.45, 2.75) is 38.1 Å². The van der Waals surface area contributed by atoms with E-state index in [2.05, 4.69) is 4.74 Å².